The molecule has 0 amide bonds. The molecule has 0 spiro atoms. The summed E-state index contributed by atoms with van der Waals surface area (Å²) in [7, 11) is 0. The van der Waals surface area contributed by atoms with Crippen LogP contribution >= 0.6 is 23.4 Å². The maximum absolute atomic E-state index is 6.16. The van der Waals surface area contributed by atoms with Gasteiger partial charge in [0.2, 0.25) is 0 Å². The maximum Gasteiger partial charge on any atom is 0.191 e. The Morgan fingerprint density at radius 2 is 2.06 bits per heavy atom. The van der Waals surface area contributed by atoms with Crippen LogP contribution in [0, 0.1) is 0 Å². The summed E-state index contributed by atoms with van der Waals surface area (Å²) in [6.45, 7) is 8.47. The normalized spacial score (nSPS) is 12.3. The molecule has 4 nitrogen and oxygen atoms in total. The first-order valence-electron chi connectivity index (χ1n) is 5.97. The Bertz CT molecular complexity index is 559. The molecule has 0 atom stereocenters. The minimum absolute atomic E-state index is 0.0703. The van der Waals surface area contributed by atoms with Crippen molar-refractivity contribution in [3.05, 3.63) is 11.5 Å². The molecule has 0 radical (unpaired) electrons. The zero-order valence-corrected chi connectivity index (χ0v) is 12.6. The van der Waals surface area contributed by atoms with Crippen LogP contribution in [0.25, 0.3) is 11.2 Å². The highest BCUT2D eigenvalue weighted by molar-refractivity contribution is 7.99. The Kier molecular flexibility index (Phi) is 3.82. The molecule has 0 saturated heterocycles. The molecular weight excluding hydrogens is 268 g/mol. The number of rotatable bonds is 3. The molecule has 0 aromatic carbocycles. The molecule has 2 aromatic heterocycles. The van der Waals surface area contributed by atoms with E-state index >= 15 is 0 Å². The molecule has 0 saturated carbocycles. The van der Waals surface area contributed by atoms with Crippen molar-refractivity contribution in [2.24, 2.45) is 0 Å². The van der Waals surface area contributed by atoms with Crippen molar-refractivity contribution in [3.63, 3.8) is 0 Å². The number of hydrogen-bond acceptors (Lipinski definition) is 4. The van der Waals surface area contributed by atoms with Crippen LogP contribution in [0.2, 0.25) is 5.15 Å². The first kappa shape index (κ1) is 13.6. The molecule has 2 heterocycles. The minimum Gasteiger partial charge on any atom is -0.310 e. The fourth-order valence-corrected chi connectivity index (χ4v) is 2.55. The fourth-order valence-electron chi connectivity index (χ4n) is 1.60. The highest BCUT2D eigenvalue weighted by Gasteiger charge is 2.19. The standard InChI is InChI=1S/C12H17ClN4S/c1-5-6-18-11-15-9(13)8-10(16-11)17(7-14-8)12(2,3)4/h7H,5-6H2,1-4H3. The second-order valence-corrected chi connectivity index (χ2v) is 6.52. The molecule has 18 heavy (non-hydrogen) atoms. The van der Waals surface area contributed by atoms with Crippen molar-refractivity contribution in [2.75, 3.05) is 5.75 Å². The van der Waals surface area contributed by atoms with E-state index in [4.69, 9.17) is 11.6 Å². The van der Waals surface area contributed by atoms with Crippen molar-refractivity contribution in [1.29, 1.82) is 0 Å². The zero-order valence-electron chi connectivity index (χ0n) is 11.1. The summed E-state index contributed by atoms with van der Waals surface area (Å²) in [4.78, 5) is 13.1. The molecule has 2 aromatic rings. The van der Waals surface area contributed by atoms with Crippen LogP contribution in [0.15, 0.2) is 11.5 Å². The van der Waals surface area contributed by atoms with Gasteiger partial charge in [0.25, 0.3) is 0 Å². The lowest BCUT2D eigenvalue weighted by atomic mass is 10.1. The van der Waals surface area contributed by atoms with Gasteiger partial charge in [-0.3, -0.25) is 0 Å². The number of thioether (sulfide) groups is 1. The van der Waals surface area contributed by atoms with Gasteiger partial charge >= 0.3 is 0 Å². The number of nitrogens with zero attached hydrogens (tertiary/aromatic N) is 4. The van der Waals surface area contributed by atoms with Gasteiger partial charge in [-0.1, -0.05) is 30.3 Å². The van der Waals surface area contributed by atoms with E-state index in [1.165, 1.54) is 0 Å². The second-order valence-electron chi connectivity index (χ2n) is 5.10. The quantitative estimate of drug-likeness (QED) is 0.489. The SMILES string of the molecule is CCCSc1nc(Cl)c2ncn(C(C)(C)C)c2n1. The lowest BCUT2D eigenvalue weighted by molar-refractivity contribution is 0.405. The van der Waals surface area contributed by atoms with E-state index in [-0.39, 0.29) is 5.54 Å². The number of hydrogen-bond donors (Lipinski definition) is 0. The maximum atomic E-state index is 6.16. The van der Waals surface area contributed by atoms with E-state index in [9.17, 15) is 0 Å². The first-order chi connectivity index (χ1) is 8.43. The van der Waals surface area contributed by atoms with Gasteiger partial charge in [-0.2, -0.15) is 0 Å². The van der Waals surface area contributed by atoms with Crippen molar-refractivity contribution in [1.82, 2.24) is 19.5 Å². The molecule has 0 aliphatic carbocycles. The highest BCUT2D eigenvalue weighted by Crippen LogP contribution is 2.27. The van der Waals surface area contributed by atoms with Gasteiger partial charge in [0.1, 0.15) is 5.52 Å². The third kappa shape index (κ3) is 2.62. The molecule has 0 aliphatic heterocycles. The number of imidazole rings is 1. The van der Waals surface area contributed by atoms with Gasteiger partial charge in [-0.25, -0.2) is 15.0 Å². The van der Waals surface area contributed by atoms with Gasteiger partial charge in [-0.15, -0.1) is 0 Å². The number of aromatic nitrogens is 4. The van der Waals surface area contributed by atoms with Crippen LogP contribution in [-0.2, 0) is 5.54 Å². The summed E-state index contributed by atoms with van der Waals surface area (Å²) in [5, 5.41) is 1.15. The van der Waals surface area contributed by atoms with Gasteiger partial charge in [0, 0.05) is 11.3 Å². The molecule has 0 fully saturated rings. The summed E-state index contributed by atoms with van der Waals surface area (Å²) in [6.07, 6.45) is 2.86. The summed E-state index contributed by atoms with van der Waals surface area (Å²) >= 11 is 7.79. The Balaban J connectivity index is 2.54. The van der Waals surface area contributed by atoms with Gasteiger partial charge in [0.05, 0.1) is 6.33 Å². The summed E-state index contributed by atoms with van der Waals surface area (Å²) < 4.78 is 2.03. The average molecular weight is 285 g/mol. The van der Waals surface area contributed by atoms with Crippen LogP contribution in [-0.4, -0.2) is 25.3 Å². The lowest BCUT2D eigenvalue weighted by Crippen LogP contribution is -2.21. The predicted octanol–water partition coefficient (Wildman–Crippen LogP) is 3.74. The molecule has 98 valence electrons. The molecule has 2 rings (SSSR count). The summed E-state index contributed by atoms with van der Waals surface area (Å²) in [5.74, 6) is 0.992. The topological polar surface area (TPSA) is 43.6 Å². The van der Waals surface area contributed by atoms with E-state index in [0.29, 0.717) is 10.7 Å². The van der Waals surface area contributed by atoms with Crippen molar-refractivity contribution in [2.45, 2.75) is 44.8 Å². The molecular formula is C12H17ClN4S. The van der Waals surface area contributed by atoms with Crippen LogP contribution in [0.4, 0.5) is 0 Å². The van der Waals surface area contributed by atoms with Crippen molar-refractivity contribution < 1.29 is 0 Å². The average Bonchev–Trinajstić information content (AvgIpc) is 2.70. The Morgan fingerprint density at radius 1 is 1.33 bits per heavy atom. The van der Waals surface area contributed by atoms with E-state index in [1.54, 1.807) is 18.1 Å². The molecule has 6 heteroatoms. The Hall–Kier alpha value is -0.810. The van der Waals surface area contributed by atoms with Crippen molar-refractivity contribution >= 4 is 34.5 Å². The summed E-state index contributed by atoms with van der Waals surface area (Å²) in [5.41, 5.74) is 1.41. The van der Waals surface area contributed by atoms with E-state index in [1.807, 2.05) is 4.57 Å². The van der Waals surface area contributed by atoms with Gasteiger partial charge < -0.3 is 4.57 Å². The van der Waals surface area contributed by atoms with E-state index < -0.39 is 0 Å². The lowest BCUT2D eigenvalue weighted by Gasteiger charge is -2.20. The van der Waals surface area contributed by atoms with E-state index in [2.05, 4.69) is 42.6 Å². The largest absolute Gasteiger partial charge is 0.310 e. The molecule has 0 N–H and O–H groups in total. The zero-order chi connectivity index (χ0) is 13.3. The smallest absolute Gasteiger partial charge is 0.191 e. The van der Waals surface area contributed by atoms with E-state index in [0.717, 1.165) is 23.0 Å². The van der Waals surface area contributed by atoms with Gasteiger partial charge in [0.15, 0.2) is 16.0 Å². The molecule has 0 bridgehead atoms. The molecule has 0 aliphatic rings. The molecule has 0 unspecified atom stereocenters. The minimum atomic E-state index is -0.0703. The first-order valence-corrected chi connectivity index (χ1v) is 7.33. The fraction of sp³-hybridized carbons (Fsp3) is 0.583. The Morgan fingerprint density at radius 3 is 2.67 bits per heavy atom. The van der Waals surface area contributed by atoms with Crippen LogP contribution in [0.5, 0.6) is 0 Å². The number of fused-ring (bicyclic) bond motifs is 1. The Labute approximate surface area is 116 Å². The van der Waals surface area contributed by atoms with Crippen LogP contribution in [0.3, 0.4) is 0 Å². The van der Waals surface area contributed by atoms with Crippen LogP contribution < -0.4 is 0 Å². The predicted molar refractivity (Wildman–Crippen MR) is 76.3 cm³/mol. The third-order valence-electron chi connectivity index (χ3n) is 2.49. The second kappa shape index (κ2) is 5.05. The third-order valence-corrected chi connectivity index (χ3v) is 3.81. The van der Waals surface area contributed by atoms with Gasteiger partial charge in [-0.05, 0) is 27.2 Å². The highest BCUT2D eigenvalue weighted by atomic mass is 35.5. The van der Waals surface area contributed by atoms with Crippen molar-refractivity contribution in [3.8, 4) is 0 Å². The summed E-state index contributed by atoms with van der Waals surface area (Å²) in [6, 6.07) is 0. The number of halogens is 1. The monoisotopic (exact) mass is 284 g/mol. The van der Waals surface area contributed by atoms with Crippen LogP contribution in [0.1, 0.15) is 34.1 Å².